The van der Waals surface area contributed by atoms with Crippen LogP contribution < -0.4 is 0 Å². The lowest BCUT2D eigenvalue weighted by Crippen LogP contribution is -2.53. The Morgan fingerprint density at radius 2 is 1.56 bits per heavy atom. The number of hydrogen-bond acceptors (Lipinski definition) is 7. The van der Waals surface area contributed by atoms with Crippen LogP contribution in [0.25, 0.3) is 0 Å². The molecule has 0 saturated carbocycles. The van der Waals surface area contributed by atoms with Crippen LogP contribution >= 0.6 is 0 Å². The molecule has 0 heterocycles. The van der Waals surface area contributed by atoms with Crippen LogP contribution in [-0.2, 0) is 19.0 Å². The van der Waals surface area contributed by atoms with Crippen molar-refractivity contribution in [3.8, 4) is 0 Å². The van der Waals surface area contributed by atoms with E-state index in [9.17, 15) is 20.1 Å². The van der Waals surface area contributed by atoms with Gasteiger partial charge in [-0.25, -0.2) is 0 Å². The van der Waals surface area contributed by atoms with Crippen molar-refractivity contribution in [2.75, 3.05) is 27.9 Å². The summed E-state index contributed by atoms with van der Waals surface area (Å²) in [5.41, 5.74) is 0. The number of methoxy groups -OCH3 is 3. The van der Waals surface area contributed by atoms with E-state index in [0.717, 1.165) is 0 Å². The molecule has 3 N–H and O–H groups in total. The van der Waals surface area contributed by atoms with Gasteiger partial charge in [-0.3, -0.25) is 4.79 Å². The third-order valence-corrected chi connectivity index (χ3v) is 2.66. The molecule has 0 spiro atoms. The van der Waals surface area contributed by atoms with Gasteiger partial charge in [0.25, 0.3) is 0 Å². The maximum absolute atomic E-state index is 11.1. The second kappa shape index (κ2) is 8.52. The normalized spacial score (nSPS) is 19.9. The third kappa shape index (κ3) is 4.60. The summed E-state index contributed by atoms with van der Waals surface area (Å²) in [6, 6.07) is 0. The van der Waals surface area contributed by atoms with Crippen LogP contribution in [0, 0.1) is 0 Å². The molecule has 1 unspecified atom stereocenters. The van der Waals surface area contributed by atoms with Gasteiger partial charge in [0.15, 0.2) is 5.78 Å². The summed E-state index contributed by atoms with van der Waals surface area (Å²) in [6.07, 6.45) is -6.18. The average Bonchev–Trinajstić information content (AvgIpc) is 2.30. The van der Waals surface area contributed by atoms with E-state index in [1.54, 1.807) is 0 Å². The van der Waals surface area contributed by atoms with Gasteiger partial charge in [-0.1, -0.05) is 0 Å². The summed E-state index contributed by atoms with van der Waals surface area (Å²) in [5.74, 6) is -0.544. The molecular weight excluding hydrogens is 244 g/mol. The SMILES string of the molecule is COC[C@@H](O)[C@@H](OC)[C@H](O)[C@@H](OC)C(O)C(C)=O. The van der Waals surface area contributed by atoms with Crippen molar-refractivity contribution in [2.45, 2.75) is 37.4 Å². The minimum absolute atomic E-state index is 0.0534. The molecule has 7 heteroatoms. The van der Waals surface area contributed by atoms with Crippen molar-refractivity contribution in [3.05, 3.63) is 0 Å². The monoisotopic (exact) mass is 266 g/mol. The van der Waals surface area contributed by atoms with Gasteiger partial charge in [0.05, 0.1) is 6.61 Å². The van der Waals surface area contributed by atoms with Gasteiger partial charge >= 0.3 is 0 Å². The van der Waals surface area contributed by atoms with E-state index in [0.29, 0.717) is 0 Å². The van der Waals surface area contributed by atoms with E-state index >= 15 is 0 Å². The van der Waals surface area contributed by atoms with E-state index in [4.69, 9.17) is 14.2 Å². The Morgan fingerprint density at radius 3 is 1.89 bits per heavy atom. The Morgan fingerprint density at radius 1 is 1.06 bits per heavy atom. The van der Waals surface area contributed by atoms with Crippen molar-refractivity contribution in [2.24, 2.45) is 0 Å². The number of Topliss-reactive ketones (excluding diaryl/α,β-unsaturated/α-hetero) is 1. The summed E-state index contributed by atoms with van der Waals surface area (Å²) < 4.78 is 14.6. The smallest absolute Gasteiger partial charge is 0.160 e. The largest absolute Gasteiger partial charge is 0.388 e. The van der Waals surface area contributed by atoms with E-state index in [1.807, 2.05) is 0 Å². The van der Waals surface area contributed by atoms with Crippen molar-refractivity contribution >= 4 is 5.78 Å². The second-order valence-electron chi connectivity index (χ2n) is 3.97. The molecule has 0 radical (unpaired) electrons. The Kier molecular flexibility index (Phi) is 8.25. The van der Waals surface area contributed by atoms with E-state index in [2.05, 4.69) is 0 Å². The van der Waals surface area contributed by atoms with Crippen LogP contribution in [0.15, 0.2) is 0 Å². The van der Waals surface area contributed by atoms with Crippen molar-refractivity contribution in [1.82, 2.24) is 0 Å². The van der Waals surface area contributed by atoms with Gasteiger partial charge < -0.3 is 29.5 Å². The number of rotatable bonds is 9. The highest BCUT2D eigenvalue weighted by Crippen LogP contribution is 2.15. The number of hydrogen-bond donors (Lipinski definition) is 3. The van der Waals surface area contributed by atoms with Gasteiger partial charge in [-0.05, 0) is 6.92 Å². The maximum Gasteiger partial charge on any atom is 0.160 e. The standard InChI is InChI=1S/C11H22O7/c1-6(12)8(14)11(18-4)9(15)10(17-3)7(13)5-16-2/h7-11,13-15H,5H2,1-4H3/t7-,8?,9+,10-,11+/m1/s1. The summed E-state index contributed by atoms with van der Waals surface area (Å²) in [5, 5.41) is 29.3. The van der Waals surface area contributed by atoms with Crippen LogP contribution in [0.1, 0.15) is 6.92 Å². The Labute approximate surface area is 106 Å². The molecule has 18 heavy (non-hydrogen) atoms. The third-order valence-electron chi connectivity index (χ3n) is 2.66. The van der Waals surface area contributed by atoms with Gasteiger partial charge in [-0.15, -0.1) is 0 Å². The molecule has 0 aromatic heterocycles. The number of aliphatic hydroxyl groups is 3. The Bertz CT molecular complexity index is 246. The molecule has 0 aromatic carbocycles. The highest BCUT2D eigenvalue weighted by Gasteiger charge is 2.38. The first-order valence-corrected chi connectivity index (χ1v) is 5.49. The van der Waals surface area contributed by atoms with E-state index in [1.165, 1.54) is 28.3 Å². The first-order valence-electron chi connectivity index (χ1n) is 5.49. The topological polar surface area (TPSA) is 105 Å². The quantitative estimate of drug-likeness (QED) is 0.458. The Hall–Kier alpha value is -0.570. The highest BCUT2D eigenvalue weighted by atomic mass is 16.5. The molecule has 0 rings (SSSR count). The number of carbonyl (C=O) groups excluding carboxylic acids is 1. The summed E-state index contributed by atoms with van der Waals surface area (Å²) >= 11 is 0. The molecule has 0 aromatic rings. The van der Waals surface area contributed by atoms with Gasteiger partial charge in [-0.2, -0.15) is 0 Å². The first-order chi connectivity index (χ1) is 8.40. The summed E-state index contributed by atoms with van der Waals surface area (Å²) in [6.45, 7) is 1.12. The average molecular weight is 266 g/mol. The fourth-order valence-corrected chi connectivity index (χ4v) is 1.66. The minimum Gasteiger partial charge on any atom is -0.388 e. The number of carbonyl (C=O) groups is 1. The predicted molar refractivity (Wildman–Crippen MR) is 62.2 cm³/mol. The van der Waals surface area contributed by atoms with Gasteiger partial charge in [0, 0.05) is 21.3 Å². The fourth-order valence-electron chi connectivity index (χ4n) is 1.66. The Balaban J connectivity index is 4.82. The molecule has 0 saturated heterocycles. The molecule has 0 fully saturated rings. The lowest BCUT2D eigenvalue weighted by molar-refractivity contribution is -0.168. The van der Waals surface area contributed by atoms with Crippen molar-refractivity contribution < 1.29 is 34.3 Å². The zero-order valence-corrected chi connectivity index (χ0v) is 11.1. The fraction of sp³-hybridized carbons (Fsp3) is 0.909. The van der Waals surface area contributed by atoms with Crippen LogP contribution in [0.3, 0.4) is 0 Å². The number of ether oxygens (including phenoxy) is 3. The summed E-state index contributed by atoms with van der Waals surface area (Å²) in [7, 11) is 3.93. The molecule has 0 aliphatic rings. The molecule has 108 valence electrons. The second-order valence-corrected chi connectivity index (χ2v) is 3.97. The molecular formula is C11H22O7. The molecule has 0 bridgehead atoms. The zero-order valence-electron chi connectivity index (χ0n) is 11.1. The lowest BCUT2D eigenvalue weighted by Gasteiger charge is -2.32. The first kappa shape index (κ1) is 17.4. The molecule has 0 aliphatic heterocycles. The number of ketones is 1. The van der Waals surface area contributed by atoms with E-state index in [-0.39, 0.29) is 6.61 Å². The van der Waals surface area contributed by atoms with Crippen molar-refractivity contribution in [3.63, 3.8) is 0 Å². The van der Waals surface area contributed by atoms with Crippen molar-refractivity contribution in [1.29, 1.82) is 0 Å². The minimum atomic E-state index is -1.49. The van der Waals surface area contributed by atoms with Crippen LogP contribution in [-0.4, -0.2) is 79.6 Å². The van der Waals surface area contributed by atoms with Gasteiger partial charge in [0.1, 0.15) is 30.5 Å². The maximum atomic E-state index is 11.1. The molecule has 0 aliphatic carbocycles. The van der Waals surface area contributed by atoms with Crippen LogP contribution in [0.5, 0.6) is 0 Å². The zero-order chi connectivity index (χ0) is 14.3. The van der Waals surface area contributed by atoms with Crippen LogP contribution in [0.4, 0.5) is 0 Å². The van der Waals surface area contributed by atoms with Gasteiger partial charge in [0.2, 0.25) is 0 Å². The lowest BCUT2D eigenvalue weighted by atomic mass is 9.97. The highest BCUT2D eigenvalue weighted by molar-refractivity contribution is 5.80. The van der Waals surface area contributed by atoms with Crippen LogP contribution in [0.2, 0.25) is 0 Å². The summed E-state index contributed by atoms with van der Waals surface area (Å²) in [4.78, 5) is 11.1. The molecule has 5 atom stereocenters. The predicted octanol–water partition coefficient (Wildman–Crippen LogP) is -1.67. The molecule has 0 amide bonds. The number of aliphatic hydroxyl groups excluding tert-OH is 3. The molecule has 7 nitrogen and oxygen atoms in total. The van der Waals surface area contributed by atoms with E-state index < -0.39 is 36.3 Å².